The highest BCUT2D eigenvalue weighted by Crippen LogP contribution is 2.36. The van der Waals surface area contributed by atoms with E-state index < -0.39 is 0 Å². The molecule has 0 bridgehead atoms. The van der Waals surface area contributed by atoms with Gasteiger partial charge in [-0.05, 0) is 30.5 Å². The summed E-state index contributed by atoms with van der Waals surface area (Å²) in [6, 6.07) is 4.29. The fourth-order valence-corrected chi connectivity index (χ4v) is 2.79. The normalized spacial score (nSPS) is 17.1. The molecule has 0 amide bonds. The molecule has 0 aliphatic heterocycles. The van der Waals surface area contributed by atoms with E-state index >= 15 is 0 Å². The van der Waals surface area contributed by atoms with Gasteiger partial charge in [0.05, 0.1) is 0 Å². The summed E-state index contributed by atoms with van der Waals surface area (Å²) in [5, 5.41) is 0.976. The third-order valence-electron chi connectivity index (χ3n) is 2.81. The summed E-state index contributed by atoms with van der Waals surface area (Å²) in [6.45, 7) is 8.85. The van der Waals surface area contributed by atoms with Gasteiger partial charge in [0.25, 0.3) is 0 Å². The molecule has 1 rings (SSSR count). The van der Waals surface area contributed by atoms with Crippen molar-refractivity contribution in [1.82, 2.24) is 4.98 Å². The van der Waals surface area contributed by atoms with E-state index in [0.29, 0.717) is 16.4 Å². The van der Waals surface area contributed by atoms with E-state index in [2.05, 4.69) is 44.8 Å². The molecule has 0 aliphatic rings. The van der Waals surface area contributed by atoms with Gasteiger partial charge < -0.3 is 5.73 Å². The van der Waals surface area contributed by atoms with Gasteiger partial charge in [0.2, 0.25) is 0 Å². The molecule has 3 unspecified atom stereocenters. The maximum Gasteiger partial charge on any atom is 0.0449 e. The fraction of sp³-hybridized carbons (Fsp3) is 0.615. The molecule has 0 saturated heterocycles. The molecule has 2 N–H and O–H groups in total. The number of hydrogen-bond acceptors (Lipinski definition) is 3. The minimum absolute atomic E-state index is 0.161. The Bertz CT molecular complexity index is 298. The summed E-state index contributed by atoms with van der Waals surface area (Å²) < 4.78 is 0. The van der Waals surface area contributed by atoms with Crippen LogP contribution in [-0.4, -0.2) is 16.3 Å². The van der Waals surface area contributed by atoms with Crippen molar-refractivity contribution in [1.29, 1.82) is 0 Å². The van der Waals surface area contributed by atoms with Gasteiger partial charge in [0.1, 0.15) is 0 Å². The molecule has 0 aliphatic carbocycles. The van der Waals surface area contributed by atoms with Crippen LogP contribution in [0.5, 0.6) is 0 Å². The first-order valence-corrected chi connectivity index (χ1v) is 6.77. The molecule has 1 aromatic rings. The molecule has 2 nitrogen and oxygen atoms in total. The van der Waals surface area contributed by atoms with Crippen LogP contribution in [0.4, 0.5) is 0 Å². The van der Waals surface area contributed by atoms with Crippen molar-refractivity contribution in [3.05, 3.63) is 30.1 Å². The van der Waals surface area contributed by atoms with Crippen LogP contribution in [0, 0.1) is 5.92 Å². The van der Waals surface area contributed by atoms with Crippen LogP contribution >= 0.6 is 11.8 Å². The van der Waals surface area contributed by atoms with Gasteiger partial charge in [-0.15, -0.1) is 11.8 Å². The van der Waals surface area contributed by atoms with Gasteiger partial charge in [-0.3, -0.25) is 4.98 Å². The zero-order valence-electron chi connectivity index (χ0n) is 10.6. The van der Waals surface area contributed by atoms with Crippen molar-refractivity contribution in [2.75, 3.05) is 0 Å². The molecule has 3 atom stereocenters. The monoisotopic (exact) mass is 238 g/mol. The first kappa shape index (κ1) is 13.5. The number of thioether (sulfide) groups is 1. The minimum Gasteiger partial charge on any atom is -0.327 e. The molecule has 0 fully saturated rings. The molecule has 0 spiro atoms. The van der Waals surface area contributed by atoms with Crippen molar-refractivity contribution >= 4 is 11.8 Å². The quantitative estimate of drug-likeness (QED) is 0.856. The summed E-state index contributed by atoms with van der Waals surface area (Å²) in [7, 11) is 0. The third-order valence-corrected chi connectivity index (χ3v) is 4.78. The van der Waals surface area contributed by atoms with E-state index in [9.17, 15) is 0 Å². The number of nitrogens with zero attached hydrogens (tertiary/aromatic N) is 1. The second-order valence-corrected chi connectivity index (χ2v) is 6.17. The number of nitrogens with two attached hydrogens (primary N) is 1. The lowest BCUT2D eigenvalue weighted by Gasteiger charge is -2.26. The van der Waals surface area contributed by atoms with Crippen LogP contribution in [0.1, 0.15) is 38.5 Å². The summed E-state index contributed by atoms with van der Waals surface area (Å²) in [6.07, 6.45) is 3.68. The minimum atomic E-state index is 0.161. The maximum absolute atomic E-state index is 6.08. The molecule has 0 radical (unpaired) electrons. The second kappa shape index (κ2) is 6.26. The predicted molar refractivity (Wildman–Crippen MR) is 72.5 cm³/mol. The van der Waals surface area contributed by atoms with Crippen LogP contribution in [0.2, 0.25) is 0 Å². The summed E-state index contributed by atoms with van der Waals surface area (Å²) >= 11 is 1.96. The van der Waals surface area contributed by atoms with Gasteiger partial charge >= 0.3 is 0 Å². The molecular weight excluding hydrogens is 216 g/mol. The molecule has 3 heteroatoms. The lowest BCUT2D eigenvalue weighted by atomic mass is 10.1. The van der Waals surface area contributed by atoms with E-state index in [1.54, 1.807) is 0 Å². The summed E-state index contributed by atoms with van der Waals surface area (Å²) in [5.41, 5.74) is 7.36. The van der Waals surface area contributed by atoms with E-state index in [1.807, 2.05) is 24.2 Å². The lowest BCUT2D eigenvalue weighted by molar-refractivity contribution is 0.631. The molecule has 1 aromatic heterocycles. The summed E-state index contributed by atoms with van der Waals surface area (Å²) in [5.74, 6) is 0.674. The Hall–Kier alpha value is -0.540. The molecule has 1 heterocycles. The zero-order chi connectivity index (χ0) is 12.1. The van der Waals surface area contributed by atoms with Crippen LogP contribution < -0.4 is 5.73 Å². The van der Waals surface area contributed by atoms with Gasteiger partial charge in [0, 0.05) is 28.9 Å². The molecule has 16 heavy (non-hydrogen) atoms. The van der Waals surface area contributed by atoms with E-state index in [-0.39, 0.29) is 6.04 Å². The lowest BCUT2D eigenvalue weighted by Crippen LogP contribution is -2.25. The highest BCUT2D eigenvalue weighted by molar-refractivity contribution is 8.00. The van der Waals surface area contributed by atoms with Crippen LogP contribution in [0.25, 0.3) is 0 Å². The Balaban J connectivity index is 2.77. The first-order valence-electron chi connectivity index (χ1n) is 5.83. The summed E-state index contributed by atoms with van der Waals surface area (Å²) in [4.78, 5) is 4.05. The Morgan fingerprint density at radius 1 is 1.12 bits per heavy atom. The SMILES string of the molecule is CC(C)C(C)SC(c1ccncc1)C(C)N. The molecule has 0 saturated carbocycles. The topological polar surface area (TPSA) is 38.9 Å². The standard InChI is InChI=1S/C13H22N2S/c1-9(2)11(4)16-13(10(3)14)12-5-7-15-8-6-12/h5-11,13H,14H2,1-4H3. The van der Waals surface area contributed by atoms with Crippen LogP contribution in [0.3, 0.4) is 0 Å². The van der Waals surface area contributed by atoms with Crippen molar-refractivity contribution in [3.63, 3.8) is 0 Å². The Morgan fingerprint density at radius 3 is 2.12 bits per heavy atom. The number of pyridine rings is 1. The average molecular weight is 238 g/mol. The average Bonchev–Trinajstić information content (AvgIpc) is 2.26. The Morgan fingerprint density at radius 2 is 1.69 bits per heavy atom. The van der Waals surface area contributed by atoms with Gasteiger partial charge in [-0.1, -0.05) is 20.8 Å². The van der Waals surface area contributed by atoms with Gasteiger partial charge in [0.15, 0.2) is 0 Å². The Labute approximate surface area is 103 Å². The fourth-order valence-electron chi connectivity index (χ4n) is 1.45. The number of aromatic nitrogens is 1. The van der Waals surface area contributed by atoms with E-state index in [0.717, 1.165) is 0 Å². The van der Waals surface area contributed by atoms with E-state index in [4.69, 9.17) is 5.73 Å². The Kier molecular flexibility index (Phi) is 5.29. The predicted octanol–water partition coefficient (Wildman–Crippen LogP) is 3.25. The van der Waals surface area contributed by atoms with Crippen LogP contribution in [-0.2, 0) is 0 Å². The van der Waals surface area contributed by atoms with Crippen molar-refractivity contribution in [2.24, 2.45) is 11.7 Å². The van der Waals surface area contributed by atoms with Gasteiger partial charge in [-0.2, -0.15) is 0 Å². The van der Waals surface area contributed by atoms with Crippen LogP contribution in [0.15, 0.2) is 24.5 Å². The number of hydrogen-bond donors (Lipinski definition) is 1. The van der Waals surface area contributed by atoms with Crippen molar-refractivity contribution in [2.45, 2.75) is 44.2 Å². The third kappa shape index (κ3) is 3.80. The zero-order valence-corrected chi connectivity index (χ0v) is 11.4. The van der Waals surface area contributed by atoms with Crippen molar-refractivity contribution in [3.8, 4) is 0 Å². The molecule has 0 aromatic carbocycles. The maximum atomic E-state index is 6.08. The van der Waals surface area contributed by atoms with Gasteiger partial charge in [-0.25, -0.2) is 0 Å². The number of rotatable bonds is 5. The highest BCUT2D eigenvalue weighted by Gasteiger charge is 2.21. The first-order chi connectivity index (χ1) is 7.52. The largest absolute Gasteiger partial charge is 0.327 e. The van der Waals surface area contributed by atoms with Crippen molar-refractivity contribution < 1.29 is 0 Å². The molecule has 90 valence electrons. The smallest absolute Gasteiger partial charge is 0.0449 e. The molecular formula is C13H22N2S. The second-order valence-electron chi connectivity index (χ2n) is 4.65. The highest BCUT2D eigenvalue weighted by atomic mass is 32.2. The van der Waals surface area contributed by atoms with E-state index in [1.165, 1.54) is 5.56 Å².